The molecule has 1 aliphatic carbocycles. The van der Waals surface area contributed by atoms with Crippen molar-refractivity contribution < 1.29 is 18.3 Å². The molecule has 0 fully saturated rings. The molecule has 2 aromatic rings. The van der Waals surface area contributed by atoms with Gasteiger partial charge in [-0.2, -0.15) is 0 Å². The Kier molecular flexibility index (Phi) is 2.48. The topological polar surface area (TPSA) is 33.4 Å². The first-order chi connectivity index (χ1) is 8.63. The molecule has 0 bridgehead atoms. The second-order valence-electron chi connectivity index (χ2n) is 4.57. The predicted molar refractivity (Wildman–Crippen MR) is 61.0 cm³/mol. The summed E-state index contributed by atoms with van der Waals surface area (Å²) in [6.45, 7) is 0. The van der Waals surface area contributed by atoms with E-state index >= 15 is 0 Å². The minimum absolute atomic E-state index is 0.0233. The first kappa shape index (κ1) is 11.4. The third-order valence-corrected chi connectivity index (χ3v) is 3.53. The Hall–Kier alpha value is -1.68. The van der Waals surface area contributed by atoms with E-state index < -0.39 is 17.2 Å². The lowest BCUT2D eigenvalue weighted by Crippen LogP contribution is -2.32. The summed E-state index contributed by atoms with van der Waals surface area (Å²) in [5, 5.41) is 10.7. The normalized spacial score (nSPS) is 22.8. The minimum Gasteiger partial charge on any atom is -0.469 e. The van der Waals surface area contributed by atoms with Gasteiger partial charge in [0, 0.05) is 17.5 Å². The van der Waals surface area contributed by atoms with Crippen LogP contribution in [0.1, 0.15) is 29.7 Å². The smallest absolute Gasteiger partial charge is 0.165 e. The van der Waals surface area contributed by atoms with E-state index in [9.17, 15) is 13.9 Å². The van der Waals surface area contributed by atoms with E-state index in [4.69, 9.17) is 4.42 Å². The number of rotatable bonds is 1. The van der Waals surface area contributed by atoms with Crippen molar-refractivity contribution in [2.45, 2.75) is 24.9 Å². The van der Waals surface area contributed by atoms with Gasteiger partial charge in [0.15, 0.2) is 11.6 Å². The van der Waals surface area contributed by atoms with Crippen molar-refractivity contribution in [1.82, 2.24) is 0 Å². The molecule has 94 valence electrons. The van der Waals surface area contributed by atoms with Crippen molar-refractivity contribution in [3.63, 3.8) is 0 Å². The van der Waals surface area contributed by atoms with E-state index in [-0.39, 0.29) is 5.56 Å². The van der Waals surface area contributed by atoms with Crippen LogP contribution < -0.4 is 0 Å². The van der Waals surface area contributed by atoms with Crippen molar-refractivity contribution in [3.8, 4) is 0 Å². The van der Waals surface area contributed by atoms with E-state index in [2.05, 4.69) is 0 Å². The van der Waals surface area contributed by atoms with Crippen LogP contribution in [0.3, 0.4) is 0 Å². The molecule has 18 heavy (non-hydrogen) atoms. The van der Waals surface area contributed by atoms with Crippen LogP contribution in [0.5, 0.6) is 0 Å². The highest BCUT2D eigenvalue weighted by atomic mass is 19.2. The fourth-order valence-corrected chi connectivity index (χ4v) is 2.65. The summed E-state index contributed by atoms with van der Waals surface area (Å²) in [6, 6.07) is 5.49. The molecule has 1 aromatic carbocycles. The molecule has 0 spiro atoms. The maximum absolute atomic E-state index is 13.9. The summed E-state index contributed by atoms with van der Waals surface area (Å²) in [5.41, 5.74) is -0.977. The third-order valence-electron chi connectivity index (χ3n) is 3.53. The summed E-state index contributed by atoms with van der Waals surface area (Å²) in [6.07, 6.45) is 3.21. The molecule has 0 radical (unpaired) electrons. The van der Waals surface area contributed by atoms with Gasteiger partial charge in [-0.15, -0.1) is 0 Å². The number of hydrogen-bond acceptors (Lipinski definition) is 2. The van der Waals surface area contributed by atoms with Crippen molar-refractivity contribution in [3.05, 3.63) is 59.1 Å². The Balaban J connectivity index is 2.20. The van der Waals surface area contributed by atoms with Gasteiger partial charge in [-0.25, -0.2) is 8.78 Å². The Bertz CT molecular complexity index is 591. The molecule has 2 nitrogen and oxygen atoms in total. The van der Waals surface area contributed by atoms with Gasteiger partial charge < -0.3 is 9.52 Å². The summed E-state index contributed by atoms with van der Waals surface area (Å²) in [5.74, 6) is -1.29. The molecule has 0 saturated heterocycles. The summed E-state index contributed by atoms with van der Waals surface area (Å²) < 4.78 is 32.4. The fraction of sp³-hybridized carbons (Fsp3) is 0.286. The Morgan fingerprint density at radius 1 is 1.17 bits per heavy atom. The van der Waals surface area contributed by atoms with E-state index in [1.165, 1.54) is 18.4 Å². The Morgan fingerprint density at radius 3 is 2.83 bits per heavy atom. The standard InChI is InChI=1S/C14H12F2O2/c15-11-4-1-3-10(13(11)16)14(17)7-2-5-12-9(14)6-8-18-12/h1,3-4,6,8,17H,2,5,7H2. The first-order valence-corrected chi connectivity index (χ1v) is 5.86. The van der Waals surface area contributed by atoms with Crippen LogP contribution in [0.25, 0.3) is 0 Å². The van der Waals surface area contributed by atoms with E-state index in [1.807, 2.05) is 0 Å². The fourth-order valence-electron chi connectivity index (χ4n) is 2.65. The second-order valence-corrected chi connectivity index (χ2v) is 4.57. The molecule has 3 rings (SSSR count). The molecule has 1 aliphatic rings. The van der Waals surface area contributed by atoms with Crippen LogP contribution in [0.2, 0.25) is 0 Å². The lowest BCUT2D eigenvalue weighted by Gasteiger charge is -2.32. The van der Waals surface area contributed by atoms with Crippen molar-refractivity contribution in [2.24, 2.45) is 0 Å². The molecular weight excluding hydrogens is 238 g/mol. The SMILES string of the molecule is OC1(c2cccc(F)c2F)CCCc2occc21. The number of aryl methyl sites for hydroxylation is 1. The number of hydrogen-bond donors (Lipinski definition) is 1. The average Bonchev–Trinajstić information content (AvgIpc) is 2.82. The van der Waals surface area contributed by atoms with Gasteiger partial charge in [-0.3, -0.25) is 0 Å². The third kappa shape index (κ3) is 1.49. The molecule has 1 aromatic heterocycles. The van der Waals surface area contributed by atoms with Crippen LogP contribution in [0.4, 0.5) is 8.78 Å². The molecule has 1 atom stereocenters. The molecule has 1 unspecified atom stereocenters. The van der Waals surface area contributed by atoms with Crippen LogP contribution in [-0.2, 0) is 12.0 Å². The van der Waals surface area contributed by atoms with Crippen molar-refractivity contribution in [2.75, 3.05) is 0 Å². The number of benzene rings is 1. The van der Waals surface area contributed by atoms with Crippen LogP contribution >= 0.6 is 0 Å². The highest BCUT2D eigenvalue weighted by Crippen LogP contribution is 2.42. The highest BCUT2D eigenvalue weighted by Gasteiger charge is 2.40. The molecule has 4 heteroatoms. The zero-order valence-electron chi connectivity index (χ0n) is 9.62. The van der Waals surface area contributed by atoms with Gasteiger partial charge >= 0.3 is 0 Å². The summed E-state index contributed by atoms with van der Waals surface area (Å²) in [7, 11) is 0. The van der Waals surface area contributed by atoms with E-state index in [1.54, 1.807) is 6.07 Å². The predicted octanol–water partition coefficient (Wildman–Crippen LogP) is 3.13. The Morgan fingerprint density at radius 2 is 2.00 bits per heavy atom. The molecular formula is C14H12F2O2. The quantitative estimate of drug-likeness (QED) is 0.843. The van der Waals surface area contributed by atoms with Gasteiger partial charge in [0.25, 0.3) is 0 Å². The Labute approximate surface area is 103 Å². The lowest BCUT2D eigenvalue weighted by atomic mass is 9.78. The first-order valence-electron chi connectivity index (χ1n) is 5.86. The number of aliphatic hydroxyl groups is 1. The minimum atomic E-state index is -1.49. The van der Waals surface area contributed by atoms with Crippen LogP contribution in [0, 0.1) is 11.6 Å². The zero-order valence-corrected chi connectivity index (χ0v) is 9.62. The number of fused-ring (bicyclic) bond motifs is 1. The van der Waals surface area contributed by atoms with Gasteiger partial charge in [-0.05, 0) is 25.0 Å². The molecule has 1 heterocycles. The molecule has 0 saturated carbocycles. The van der Waals surface area contributed by atoms with Gasteiger partial charge in [0.2, 0.25) is 0 Å². The maximum Gasteiger partial charge on any atom is 0.165 e. The molecule has 1 N–H and O–H groups in total. The van der Waals surface area contributed by atoms with Gasteiger partial charge in [0.05, 0.1) is 6.26 Å². The van der Waals surface area contributed by atoms with Crippen LogP contribution in [-0.4, -0.2) is 5.11 Å². The van der Waals surface area contributed by atoms with Crippen molar-refractivity contribution in [1.29, 1.82) is 0 Å². The average molecular weight is 250 g/mol. The largest absolute Gasteiger partial charge is 0.469 e. The maximum atomic E-state index is 13.9. The van der Waals surface area contributed by atoms with Gasteiger partial charge in [0.1, 0.15) is 11.4 Å². The zero-order chi connectivity index (χ0) is 12.8. The van der Waals surface area contributed by atoms with Crippen LogP contribution in [0.15, 0.2) is 34.9 Å². The van der Waals surface area contributed by atoms with E-state index in [0.29, 0.717) is 30.6 Å². The highest BCUT2D eigenvalue weighted by molar-refractivity contribution is 5.40. The monoisotopic (exact) mass is 250 g/mol. The van der Waals surface area contributed by atoms with Crippen molar-refractivity contribution >= 4 is 0 Å². The van der Waals surface area contributed by atoms with E-state index in [0.717, 1.165) is 6.07 Å². The summed E-state index contributed by atoms with van der Waals surface area (Å²) >= 11 is 0. The molecule has 0 amide bonds. The van der Waals surface area contributed by atoms with Gasteiger partial charge in [-0.1, -0.05) is 12.1 Å². The summed E-state index contributed by atoms with van der Waals surface area (Å²) in [4.78, 5) is 0. The number of halogens is 2. The second kappa shape index (κ2) is 3.92. The molecule has 0 aliphatic heterocycles. The lowest BCUT2D eigenvalue weighted by molar-refractivity contribution is 0.0545. The number of furan rings is 1.